The molecule has 0 fully saturated rings. The summed E-state index contributed by atoms with van der Waals surface area (Å²) >= 11 is 8.23. The molecule has 0 bridgehead atoms. The van der Waals surface area contributed by atoms with Crippen molar-refractivity contribution in [2.45, 2.75) is 37.0 Å². The summed E-state index contributed by atoms with van der Waals surface area (Å²) in [7, 11) is 0. The van der Waals surface area contributed by atoms with Gasteiger partial charge in [0, 0.05) is 52.1 Å². The Balaban J connectivity index is 1.47. The van der Waals surface area contributed by atoms with E-state index in [1.165, 1.54) is 0 Å². The second-order valence-electron chi connectivity index (χ2n) is 9.62. The maximum Gasteiger partial charge on any atom is 0.327 e. The van der Waals surface area contributed by atoms with Crippen molar-refractivity contribution in [3.63, 3.8) is 0 Å². The van der Waals surface area contributed by atoms with Gasteiger partial charge in [-0.2, -0.15) is 25.3 Å². The third-order valence-corrected chi connectivity index (χ3v) is 7.53. The number of hydrogen-bond acceptors (Lipinski definition) is 7. The van der Waals surface area contributed by atoms with Crippen molar-refractivity contribution in [1.82, 2.24) is 25.9 Å². The molecule has 3 amide bonds. The van der Waals surface area contributed by atoms with Crippen LogP contribution in [0.25, 0.3) is 21.8 Å². The molecule has 0 aliphatic carbocycles. The highest BCUT2D eigenvalue weighted by Gasteiger charge is 2.30. The van der Waals surface area contributed by atoms with Crippen LogP contribution >= 0.6 is 25.3 Å². The number of H-pyrrole nitrogens is 2. The van der Waals surface area contributed by atoms with E-state index in [9.17, 15) is 24.3 Å². The molecule has 11 nitrogen and oxygen atoms in total. The van der Waals surface area contributed by atoms with Crippen LogP contribution in [0.15, 0.2) is 60.9 Å². The summed E-state index contributed by atoms with van der Waals surface area (Å²) in [5, 5.41) is 18.9. The second-order valence-corrected chi connectivity index (χ2v) is 10.4. The van der Waals surface area contributed by atoms with Crippen molar-refractivity contribution in [1.29, 1.82) is 0 Å². The van der Waals surface area contributed by atoms with E-state index < -0.39 is 47.9 Å². The van der Waals surface area contributed by atoms with Crippen LogP contribution in [0.1, 0.15) is 11.1 Å². The van der Waals surface area contributed by atoms with E-state index in [1.807, 2.05) is 48.5 Å². The topological polar surface area (TPSA) is 182 Å². The summed E-state index contributed by atoms with van der Waals surface area (Å²) in [6.45, 7) is 0. The lowest BCUT2D eigenvalue weighted by atomic mass is 10.0. The number of amides is 3. The fourth-order valence-electron chi connectivity index (χ4n) is 4.56. The van der Waals surface area contributed by atoms with Gasteiger partial charge in [-0.1, -0.05) is 36.4 Å². The van der Waals surface area contributed by atoms with Crippen molar-refractivity contribution >= 4 is 70.8 Å². The van der Waals surface area contributed by atoms with Crippen molar-refractivity contribution < 1.29 is 24.3 Å². The number of fused-ring (bicyclic) bond motifs is 2. The summed E-state index contributed by atoms with van der Waals surface area (Å²) in [4.78, 5) is 57.2. The number of nitrogens with two attached hydrogens (primary N) is 1. The number of aliphatic carboxylic acids is 1. The molecule has 4 rings (SSSR count). The van der Waals surface area contributed by atoms with Crippen LogP contribution in [0, 0.1) is 0 Å². The average Bonchev–Trinajstić information content (AvgIpc) is 3.57. The van der Waals surface area contributed by atoms with Gasteiger partial charge in [-0.3, -0.25) is 14.4 Å². The fourth-order valence-corrected chi connectivity index (χ4v) is 5.07. The first-order valence-corrected chi connectivity index (χ1v) is 14.2. The normalized spacial score (nSPS) is 14.2. The highest BCUT2D eigenvalue weighted by Crippen LogP contribution is 2.20. The number of carbonyl (C=O) groups excluding carboxylic acids is 3. The molecule has 0 saturated heterocycles. The molecule has 8 N–H and O–H groups in total. The standard InChI is InChI=1S/C28H32N6O5S2/c29-19(9-15-11-30-20-7-3-1-5-17(15)20)25(35)33-23(13-40)27(37)32-22(26(36)34-24(14-41)28(38)39)10-16-12-31-21-8-4-2-6-18(16)21/h1-8,11-12,19,22-24,30-31,40-41H,9-10,13-14,29H2,(H,32,37)(H,33,35)(H,34,36)(H,38,39). The van der Waals surface area contributed by atoms with E-state index in [0.29, 0.717) is 0 Å². The van der Waals surface area contributed by atoms with Crippen LogP contribution < -0.4 is 21.7 Å². The zero-order chi connectivity index (χ0) is 29.5. The summed E-state index contributed by atoms with van der Waals surface area (Å²) in [6.07, 6.45) is 3.83. The Morgan fingerprint density at radius 3 is 1.71 bits per heavy atom. The van der Waals surface area contributed by atoms with Gasteiger partial charge < -0.3 is 36.8 Å². The molecular weight excluding hydrogens is 564 g/mol. The molecule has 4 unspecified atom stereocenters. The van der Waals surface area contributed by atoms with Gasteiger partial charge in [-0.25, -0.2) is 4.79 Å². The Morgan fingerprint density at radius 1 is 0.707 bits per heavy atom. The number of aromatic nitrogens is 2. The zero-order valence-electron chi connectivity index (χ0n) is 22.0. The lowest BCUT2D eigenvalue weighted by Gasteiger charge is -2.24. The first-order chi connectivity index (χ1) is 19.7. The first kappa shape index (κ1) is 30.0. The summed E-state index contributed by atoms with van der Waals surface area (Å²) in [6, 6.07) is 10.7. The molecule has 0 saturated carbocycles. The van der Waals surface area contributed by atoms with E-state index in [0.717, 1.165) is 32.9 Å². The van der Waals surface area contributed by atoms with E-state index in [-0.39, 0.29) is 24.3 Å². The van der Waals surface area contributed by atoms with Gasteiger partial charge in [-0.05, 0) is 29.7 Å². The van der Waals surface area contributed by atoms with Crippen molar-refractivity contribution in [3.8, 4) is 0 Å². The predicted molar refractivity (Wildman–Crippen MR) is 163 cm³/mol. The van der Waals surface area contributed by atoms with Crippen LogP contribution in [0.2, 0.25) is 0 Å². The largest absolute Gasteiger partial charge is 0.480 e. The third kappa shape index (κ3) is 7.23. The lowest BCUT2D eigenvalue weighted by molar-refractivity contribution is -0.141. The van der Waals surface area contributed by atoms with Crippen molar-refractivity contribution in [2.75, 3.05) is 11.5 Å². The number of benzene rings is 2. The van der Waals surface area contributed by atoms with Crippen LogP contribution in [-0.4, -0.2) is 74.4 Å². The van der Waals surface area contributed by atoms with Gasteiger partial charge in [0.25, 0.3) is 0 Å². The first-order valence-electron chi connectivity index (χ1n) is 12.9. The van der Waals surface area contributed by atoms with Crippen molar-refractivity contribution in [2.24, 2.45) is 5.73 Å². The third-order valence-electron chi connectivity index (χ3n) is 6.80. The molecular formula is C28H32N6O5S2. The Hall–Kier alpha value is -3.94. The zero-order valence-corrected chi connectivity index (χ0v) is 23.8. The van der Waals surface area contributed by atoms with Crippen molar-refractivity contribution in [3.05, 3.63) is 72.1 Å². The highest BCUT2D eigenvalue weighted by molar-refractivity contribution is 7.80. The summed E-state index contributed by atoms with van der Waals surface area (Å²) in [5.74, 6) is -3.37. The fraction of sp³-hybridized carbons (Fsp3) is 0.286. The number of thiol groups is 2. The van der Waals surface area contributed by atoms with Gasteiger partial charge >= 0.3 is 5.97 Å². The molecule has 216 valence electrons. The molecule has 0 aliphatic heterocycles. The number of rotatable bonds is 13. The molecule has 2 heterocycles. The van der Waals surface area contributed by atoms with E-state index >= 15 is 0 Å². The molecule has 0 spiro atoms. The number of carboxylic acids is 1. The Kier molecular flexibility index (Phi) is 9.97. The molecule has 4 aromatic rings. The summed E-state index contributed by atoms with van der Waals surface area (Å²) in [5.41, 5.74) is 9.55. The number of aromatic amines is 2. The minimum atomic E-state index is -1.25. The highest BCUT2D eigenvalue weighted by atomic mass is 32.1. The Morgan fingerprint density at radius 2 is 1.17 bits per heavy atom. The van der Waals surface area contributed by atoms with Gasteiger partial charge in [0.2, 0.25) is 17.7 Å². The van der Waals surface area contributed by atoms with E-state index in [4.69, 9.17) is 5.73 Å². The Bertz CT molecular complexity index is 1550. The summed E-state index contributed by atoms with van der Waals surface area (Å²) < 4.78 is 0. The molecule has 41 heavy (non-hydrogen) atoms. The molecule has 0 radical (unpaired) electrons. The van der Waals surface area contributed by atoms with Crippen LogP contribution in [0.3, 0.4) is 0 Å². The van der Waals surface area contributed by atoms with E-state index in [1.54, 1.807) is 12.4 Å². The SMILES string of the molecule is NC(Cc1c[nH]c2ccccc12)C(=O)NC(CS)C(=O)NC(Cc1c[nH]c2ccccc12)C(=O)NC(CS)C(=O)O. The molecule has 2 aromatic heterocycles. The quantitative estimate of drug-likeness (QED) is 0.104. The Labute approximate surface area is 246 Å². The minimum Gasteiger partial charge on any atom is -0.480 e. The molecule has 2 aromatic carbocycles. The van der Waals surface area contributed by atoms with Gasteiger partial charge in [-0.15, -0.1) is 0 Å². The number of para-hydroxylation sites is 2. The number of hydrogen-bond donors (Lipinski definition) is 9. The maximum absolute atomic E-state index is 13.3. The van der Waals surface area contributed by atoms with Gasteiger partial charge in [0.05, 0.1) is 6.04 Å². The predicted octanol–water partition coefficient (Wildman–Crippen LogP) is 1.16. The average molecular weight is 597 g/mol. The van der Waals surface area contributed by atoms with E-state index in [2.05, 4.69) is 51.2 Å². The number of nitrogens with one attached hydrogen (secondary N) is 5. The van der Waals surface area contributed by atoms with Crippen LogP contribution in [-0.2, 0) is 32.0 Å². The molecule has 4 atom stereocenters. The number of carbonyl (C=O) groups is 4. The van der Waals surface area contributed by atoms with Gasteiger partial charge in [0.15, 0.2) is 0 Å². The van der Waals surface area contributed by atoms with Crippen LogP contribution in [0.4, 0.5) is 0 Å². The van der Waals surface area contributed by atoms with Gasteiger partial charge in [0.1, 0.15) is 18.1 Å². The number of carboxylic acid groups (broad SMARTS) is 1. The molecule has 0 aliphatic rings. The lowest BCUT2D eigenvalue weighted by Crippen LogP contribution is -2.58. The van der Waals surface area contributed by atoms with Crippen LogP contribution in [0.5, 0.6) is 0 Å². The smallest absolute Gasteiger partial charge is 0.327 e. The monoisotopic (exact) mass is 596 g/mol. The molecule has 13 heteroatoms. The second kappa shape index (κ2) is 13.6. The maximum atomic E-state index is 13.3. The minimum absolute atomic E-state index is 0.0623.